The van der Waals surface area contributed by atoms with Crippen LogP contribution in [0.2, 0.25) is 0 Å². The molecule has 0 bridgehead atoms. The van der Waals surface area contributed by atoms with E-state index in [0.29, 0.717) is 0 Å². The predicted molar refractivity (Wildman–Crippen MR) is 78.0 cm³/mol. The van der Waals surface area contributed by atoms with E-state index in [0.717, 1.165) is 28.0 Å². The molecule has 0 saturated carbocycles. The van der Waals surface area contributed by atoms with Gasteiger partial charge in [-0.25, -0.2) is 0 Å². The maximum absolute atomic E-state index is 11.8. The van der Waals surface area contributed by atoms with E-state index in [2.05, 4.69) is 38.0 Å². The van der Waals surface area contributed by atoms with Gasteiger partial charge in [-0.1, -0.05) is 6.08 Å². The molecule has 0 saturated heterocycles. The van der Waals surface area contributed by atoms with Crippen LogP contribution in [-0.4, -0.2) is 26.5 Å². The first-order valence-corrected chi connectivity index (χ1v) is 6.51. The third kappa shape index (κ3) is 2.15. The average Bonchev–Trinajstić information content (AvgIpc) is 2.63. The van der Waals surface area contributed by atoms with Crippen LogP contribution in [0.25, 0.3) is 0 Å². The van der Waals surface area contributed by atoms with Gasteiger partial charge in [0.2, 0.25) is 5.91 Å². The van der Waals surface area contributed by atoms with Crippen molar-refractivity contribution in [3.05, 3.63) is 34.8 Å². The molecule has 1 amide bonds. The second-order valence-electron chi connectivity index (χ2n) is 4.27. The summed E-state index contributed by atoms with van der Waals surface area (Å²) in [6.07, 6.45) is 1.84. The number of fused-ring (bicyclic) bond motifs is 1. The topological polar surface area (TPSA) is 44.4 Å². The van der Waals surface area contributed by atoms with Gasteiger partial charge in [-0.15, -0.1) is 6.58 Å². The highest BCUT2D eigenvalue weighted by atomic mass is 79.9. The zero-order valence-electron chi connectivity index (χ0n) is 10.5. The second-order valence-corrected chi connectivity index (χ2v) is 5.13. The molecule has 0 aromatic heterocycles. The Balaban J connectivity index is 2.42. The molecule has 0 spiro atoms. The Morgan fingerprint density at radius 3 is 2.94 bits per heavy atom. The van der Waals surface area contributed by atoms with Crippen molar-refractivity contribution in [2.75, 3.05) is 30.9 Å². The van der Waals surface area contributed by atoms with E-state index in [1.807, 2.05) is 25.3 Å². The molecule has 1 aromatic rings. The van der Waals surface area contributed by atoms with Crippen LogP contribution < -0.4 is 15.5 Å². The van der Waals surface area contributed by atoms with Crippen LogP contribution in [0.4, 0.5) is 11.4 Å². The molecule has 1 unspecified atom stereocenters. The smallest absolute Gasteiger partial charge is 0.246 e. The van der Waals surface area contributed by atoms with Crippen molar-refractivity contribution in [2.45, 2.75) is 6.04 Å². The fraction of sp³-hybridized carbons (Fsp3) is 0.308. The molecule has 5 heteroatoms. The Labute approximate surface area is 115 Å². The number of amides is 1. The number of anilines is 2. The van der Waals surface area contributed by atoms with Crippen molar-refractivity contribution in [2.24, 2.45) is 0 Å². The maximum Gasteiger partial charge on any atom is 0.246 e. The molecule has 1 atom stereocenters. The Morgan fingerprint density at radius 1 is 1.61 bits per heavy atom. The van der Waals surface area contributed by atoms with E-state index in [4.69, 9.17) is 0 Å². The summed E-state index contributed by atoms with van der Waals surface area (Å²) in [5.74, 6) is -0.0112. The van der Waals surface area contributed by atoms with Crippen LogP contribution in [0.1, 0.15) is 11.6 Å². The standard InChI is InChI=1S/C13H16BrN3O/c1-4-5-17(3)11-7-10-8(6-9(11)14)12(15-2)13(18)16-10/h4,6-7,12,15H,1,5H2,2-3H3,(H,16,18). The highest BCUT2D eigenvalue weighted by Gasteiger charge is 2.30. The second kappa shape index (κ2) is 5.12. The van der Waals surface area contributed by atoms with Crippen molar-refractivity contribution < 1.29 is 4.79 Å². The Kier molecular flexibility index (Phi) is 3.73. The molecule has 1 aromatic carbocycles. The highest BCUT2D eigenvalue weighted by Crippen LogP contribution is 2.38. The fourth-order valence-corrected chi connectivity index (χ4v) is 2.81. The number of nitrogens with one attached hydrogen (secondary N) is 2. The molecule has 1 aliphatic rings. The molecule has 1 heterocycles. The molecule has 1 aliphatic heterocycles. The number of nitrogens with zero attached hydrogens (tertiary/aromatic N) is 1. The van der Waals surface area contributed by atoms with Gasteiger partial charge in [-0.05, 0) is 35.1 Å². The quantitative estimate of drug-likeness (QED) is 0.839. The molecular weight excluding hydrogens is 294 g/mol. The van der Waals surface area contributed by atoms with Gasteiger partial charge in [0.15, 0.2) is 0 Å². The van der Waals surface area contributed by atoms with Gasteiger partial charge in [0, 0.05) is 29.3 Å². The summed E-state index contributed by atoms with van der Waals surface area (Å²) in [5.41, 5.74) is 2.88. The van der Waals surface area contributed by atoms with E-state index >= 15 is 0 Å². The van der Waals surface area contributed by atoms with Gasteiger partial charge in [0.25, 0.3) is 0 Å². The summed E-state index contributed by atoms with van der Waals surface area (Å²) in [4.78, 5) is 13.8. The number of halogens is 1. The number of carbonyl (C=O) groups excluding carboxylic acids is 1. The number of carbonyl (C=O) groups is 1. The van der Waals surface area contributed by atoms with Crippen LogP contribution >= 0.6 is 15.9 Å². The third-order valence-corrected chi connectivity index (χ3v) is 3.69. The molecular formula is C13H16BrN3O. The summed E-state index contributed by atoms with van der Waals surface area (Å²) in [6.45, 7) is 4.48. The van der Waals surface area contributed by atoms with E-state index in [-0.39, 0.29) is 11.9 Å². The average molecular weight is 310 g/mol. The van der Waals surface area contributed by atoms with Gasteiger partial charge in [0.1, 0.15) is 6.04 Å². The highest BCUT2D eigenvalue weighted by molar-refractivity contribution is 9.10. The predicted octanol–water partition coefficient (Wildman–Crippen LogP) is 2.28. The summed E-state index contributed by atoms with van der Waals surface area (Å²) < 4.78 is 0.974. The Bertz CT molecular complexity index is 501. The van der Waals surface area contributed by atoms with Crippen LogP contribution in [0.5, 0.6) is 0 Å². The summed E-state index contributed by atoms with van der Waals surface area (Å²) >= 11 is 3.55. The van der Waals surface area contributed by atoms with Gasteiger partial charge in [-0.2, -0.15) is 0 Å². The SMILES string of the molecule is C=CCN(C)c1cc2c(cc1Br)C(NC)C(=O)N2. The summed E-state index contributed by atoms with van der Waals surface area (Å²) in [7, 11) is 3.77. The molecule has 4 nitrogen and oxygen atoms in total. The van der Waals surface area contributed by atoms with Crippen LogP contribution in [0, 0.1) is 0 Å². The number of likely N-dealkylation sites (N-methyl/N-ethyl adjacent to an activating group) is 2. The first-order chi connectivity index (χ1) is 8.58. The van der Waals surface area contributed by atoms with Crippen molar-refractivity contribution in [3.8, 4) is 0 Å². The monoisotopic (exact) mass is 309 g/mol. The van der Waals surface area contributed by atoms with E-state index < -0.39 is 0 Å². The lowest BCUT2D eigenvalue weighted by Crippen LogP contribution is -2.23. The van der Waals surface area contributed by atoms with Crippen LogP contribution in [-0.2, 0) is 4.79 Å². The van der Waals surface area contributed by atoms with Gasteiger partial charge < -0.3 is 15.5 Å². The minimum atomic E-state index is -0.268. The van der Waals surface area contributed by atoms with Crippen molar-refractivity contribution in [1.82, 2.24) is 5.32 Å². The largest absolute Gasteiger partial charge is 0.370 e. The molecule has 2 rings (SSSR count). The molecule has 0 aliphatic carbocycles. The Morgan fingerprint density at radius 2 is 2.33 bits per heavy atom. The van der Waals surface area contributed by atoms with Gasteiger partial charge in [0.05, 0.1) is 5.69 Å². The normalized spacial score (nSPS) is 17.3. The first-order valence-electron chi connectivity index (χ1n) is 5.72. The van der Waals surface area contributed by atoms with Crippen molar-refractivity contribution in [3.63, 3.8) is 0 Å². The van der Waals surface area contributed by atoms with Crippen molar-refractivity contribution >= 4 is 33.2 Å². The van der Waals surface area contributed by atoms with E-state index in [9.17, 15) is 4.79 Å². The Hall–Kier alpha value is -1.33. The zero-order chi connectivity index (χ0) is 13.3. The fourth-order valence-electron chi connectivity index (χ4n) is 2.14. The van der Waals surface area contributed by atoms with Gasteiger partial charge >= 0.3 is 0 Å². The van der Waals surface area contributed by atoms with Gasteiger partial charge in [-0.3, -0.25) is 4.79 Å². The summed E-state index contributed by atoms with van der Waals surface area (Å²) in [6, 6.07) is 3.71. The zero-order valence-corrected chi connectivity index (χ0v) is 12.0. The number of hydrogen-bond acceptors (Lipinski definition) is 3. The van der Waals surface area contributed by atoms with Crippen LogP contribution in [0.3, 0.4) is 0 Å². The lowest BCUT2D eigenvalue weighted by molar-refractivity contribution is -0.117. The maximum atomic E-state index is 11.8. The minimum Gasteiger partial charge on any atom is -0.370 e. The summed E-state index contributed by atoms with van der Waals surface area (Å²) in [5, 5.41) is 5.90. The molecule has 2 N–H and O–H groups in total. The number of rotatable bonds is 4. The van der Waals surface area contributed by atoms with E-state index in [1.165, 1.54) is 0 Å². The molecule has 96 valence electrons. The minimum absolute atomic E-state index is 0.0112. The first kappa shape index (κ1) is 13.1. The number of hydrogen-bond donors (Lipinski definition) is 2. The number of benzene rings is 1. The lowest BCUT2D eigenvalue weighted by atomic mass is 10.1. The molecule has 18 heavy (non-hydrogen) atoms. The molecule has 0 radical (unpaired) electrons. The van der Waals surface area contributed by atoms with Crippen LogP contribution in [0.15, 0.2) is 29.3 Å². The lowest BCUT2D eigenvalue weighted by Gasteiger charge is -2.20. The van der Waals surface area contributed by atoms with E-state index in [1.54, 1.807) is 7.05 Å². The third-order valence-electron chi connectivity index (χ3n) is 3.05. The van der Waals surface area contributed by atoms with Crippen molar-refractivity contribution in [1.29, 1.82) is 0 Å². The molecule has 0 fully saturated rings.